The molecule has 4 aliphatic rings. The summed E-state index contributed by atoms with van der Waals surface area (Å²) in [5.41, 5.74) is 1.61. The first-order chi connectivity index (χ1) is 15.9. The van der Waals surface area contributed by atoms with Gasteiger partial charge in [-0.2, -0.15) is 0 Å². The van der Waals surface area contributed by atoms with Crippen LogP contribution in [-0.4, -0.2) is 75.6 Å². The first-order valence-corrected chi connectivity index (χ1v) is 13.2. The van der Waals surface area contributed by atoms with E-state index in [0.717, 1.165) is 38.5 Å². The second-order valence-electron chi connectivity index (χ2n) is 12.7. The van der Waals surface area contributed by atoms with Crippen LogP contribution in [0.1, 0.15) is 73.1 Å². The van der Waals surface area contributed by atoms with Gasteiger partial charge in [-0.25, -0.2) is 0 Å². The first kappa shape index (κ1) is 26.5. The summed E-state index contributed by atoms with van der Waals surface area (Å²) in [6.45, 7) is 11.1. The van der Waals surface area contributed by atoms with E-state index in [9.17, 15) is 25.5 Å². The number of rotatable bonds is 5. The zero-order valence-corrected chi connectivity index (χ0v) is 21.5. The molecule has 1 unspecified atom stereocenters. The predicted octanol–water partition coefficient (Wildman–Crippen LogP) is 2.38. The van der Waals surface area contributed by atoms with Crippen LogP contribution in [0.3, 0.4) is 0 Å². The van der Waals surface area contributed by atoms with Gasteiger partial charge >= 0.3 is 0 Å². The van der Waals surface area contributed by atoms with Gasteiger partial charge in [0, 0.05) is 6.61 Å². The van der Waals surface area contributed by atoms with E-state index in [1.807, 2.05) is 0 Å². The van der Waals surface area contributed by atoms with Gasteiger partial charge in [0.05, 0.1) is 12.7 Å². The fourth-order valence-electron chi connectivity index (χ4n) is 7.91. The maximum absolute atomic E-state index is 10.5. The molecule has 11 atom stereocenters. The van der Waals surface area contributed by atoms with Crippen molar-refractivity contribution in [1.29, 1.82) is 0 Å². The average Bonchev–Trinajstić information content (AvgIpc) is 2.80. The summed E-state index contributed by atoms with van der Waals surface area (Å²) in [6, 6.07) is 0. The van der Waals surface area contributed by atoms with Crippen LogP contribution in [0.4, 0.5) is 0 Å². The molecule has 0 radical (unpaired) electrons. The Morgan fingerprint density at radius 2 is 1.71 bits per heavy atom. The Balaban J connectivity index is 1.53. The number of aliphatic hydroxyl groups is 5. The van der Waals surface area contributed by atoms with Gasteiger partial charge in [-0.05, 0) is 72.5 Å². The van der Waals surface area contributed by atoms with E-state index in [1.54, 1.807) is 5.57 Å². The van der Waals surface area contributed by atoms with Crippen molar-refractivity contribution >= 4 is 0 Å². The summed E-state index contributed by atoms with van der Waals surface area (Å²) < 4.78 is 12.0. The van der Waals surface area contributed by atoms with Crippen molar-refractivity contribution in [1.82, 2.24) is 0 Å². The van der Waals surface area contributed by atoms with Crippen LogP contribution in [0.25, 0.3) is 0 Å². The summed E-state index contributed by atoms with van der Waals surface area (Å²) in [7, 11) is 0. The van der Waals surface area contributed by atoms with Crippen LogP contribution in [0.5, 0.6) is 0 Å². The van der Waals surface area contributed by atoms with Crippen molar-refractivity contribution in [2.45, 2.75) is 110 Å². The van der Waals surface area contributed by atoms with Crippen LogP contribution in [0.15, 0.2) is 11.6 Å². The molecule has 0 amide bonds. The Morgan fingerprint density at radius 1 is 1.00 bits per heavy atom. The molecular weight excluding hydrogens is 436 g/mol. The Kier molecular flexibility index (Phi) is 7.33. The third kappa shape index (κ3) is 4.19. The molecule has 4 rings (SSSR count). The molecule has 196 valence electrons. The van der Waals surface area contributed by atoms with Gasteiger partial charge in [-0.15, -0.1) is 0 Å². The molecule has 2 saturated carbocycles. The molecule has 0 bridgehead atoms. The van der Waals surface area contributed by atoms with Gasteiger partial charge in [0.1, 0.15) is 24.4 Å². The van der Waals surface area contributed by atoms with E-state index < -0.39 is 37.3 Å². The van der Waals surface area contributed by atoms with E-state index in [4.69, 9.17) is 9.47 Å². The number of allylic oxidation sites excluding steroid dienone is 2. The van der Waals surface area contributed by atoms with Crippen molar-refractivity contribution in [3.8, 4) is 0 Å². The smallest absolute Gasteiger partial charge is 0.186 e. The molecule has 1 saturated heterocycles. The molecule has 5 N–H and O–H groups in total. The lowest BCUT2D eigenvalue weighted by atomic mass is 9.44. The van der Waals surface area contributed by atoms with Crippen molar-refractivity contribution in [3.05, 3.63) is 11.6 Å². The molecule has 7 nitrogen and oxygen atoms in total. The number of fused-ring (bicyclic) bond motifs is 3. The average molecular weight is 483 g/mol. The fourth-order valence-corrected chi connectivity index (χ4v) is 7.91. The highest BCUT2D eigenvalue weighted by Gasteiger charge is 2.59. The Bertz CT molecular complexity index is 766. The lowest BCUT2D eigenvalue weighted by molar-refractivity contribution is -0.327. The second-order valence-corrected chi connectivity index (χ2v) is 12.7. The largest absolute Gasteiger partial charge is 0.396 e. The zero-order chi connectivity index (χ0) is 25.1. The highest BCUT2D eigenvalue weighted by atomic mass is 16.7. The zero-order valence-electron chi connectivity index (χ0n) is 21.5. The summed E-state index contributed by atoms with van der Waals surface area (Å²) in [5.74, 6) is 1.23. The van der Waals surface area contributed by atoms with Crippen LogP contribution in [0, 0.1) is 34.0 Å². The van der Waals surface area contributed by atoms with E-state index in [1.165, 1.54) is 0 Å². The van der Waals surface area contributed by atoms with Gasteiger partial charge in [0.15, 0.2) is 6.29 Å². The lowest BCUT2D eigenvalue weighted by Gasteiger charge is -2.62. The highest BCUT2D eigenvalue weighted by molar-refractivity contribution is 5.25. The summed E-state index contributed by atoms with van der Waals surface area (Å²) in [5, 5.41) is 50.1. The minimum Gasteiger partial charge on any atom is -0.396 e. The van der Waals surface area contributed by atoms with Gasteiger partial charge in [0.25, 0.3) is 0 Å². The molecule has 7 heteroatoms. The molecule has 0 aromatic carbocycles. The van der Waals surface area contributed by atoms with Crippen molar-refractivity contribution in [3.63, 3.8) is 0 Å². The SMILES string of the molecule is C[C@@H](CO)[C@]1(C)C=C2CC[C@@H]3C(C)(C)[C@H](OC4O[C@@H](CO)[C@H](O)[C@@H](O)[C@@H]4O)CC[C@@]3(C)[C@@H]2CC1. The molecular formula is C27H46O7. The molecule has 0 aromatic rings. The number of hydrogen-bond acceptors (Lipinski definition) is 7. The monoisotopic (exact) mass is 482 g/mol. The third-order valence-electron chi connectivity index (χ3n) is 10.5. The number of hydrogen-bond donors (Lipinski definition) is 5. The predicted molar refractivity (Wildman–Crippen MR) is 128 cm³/mol. The van der Waals surface area contributed by atoms with Crippen LogP contribution in [-0.2, 0) is 9.47 Å². The maximum Gasteiger partial charge on any atom is 0.186 e. The third-order valence-corrected chi connectivity index (χ3v) is 10.5. The quantitative estimate of drug-likeness (QED) is 0.301. The second kappa shape index (κ2) is 9.40. The fraction of sp³-hybridized carbons (Fsp3) is 0.926. The van der Waals surface area contributed by atoms with Gasteiger partial charge in [0.2, 0.25) is 0 Å². The van der Waals surface area contributed by atoms with Gasteiger partial charge in [-0.1, -0.05) is 46.3 Å². The summed E-state index contributed by atoms with van der Waals surface area (Å²) >= 11 is 0. The number of aliphatic hydroxyl groups excluding tert-OH is 5. The highest BCUT2D eigenvalue weighted by Crippen LogP contribution is 2.64. The standard InChI is InChI=1S/C27H46O7/c1-15(13-28)26(4)10-8-17-16(12-26)6-7-19-25(2,3)20(9-11-27(17,19)5)34-24-23(32)22(31)21(30)18(14-29)33-24/h12,15,17-24,28-32H,6-11,13-14H2,1-5H3/t15-,17+,18-,19+,20+,21-,22+,23-,24?,26-,27-/m0/s1. The van der Waals surface area contributed by atoms with E-state index in [0.29, 0.717) is 11.8 Å². The Labute approximate surface area is 204 Å². The Hall–Kier alpha value is -0.540. The normalized spacial score (nSPS) is 49.5. The Morgan fingerprint density at radius 3 is 2.35 bits per heavy atom. The van der Waals surface area contributed by atoms with Gasteiger partial charge < -0.3 is 35.0 Å². The maximum atomic E-state index is 10.5. The van der Waals surface area contributed by atoms with Crippen LogP contribution < -0.4 is 0 Å². The molecule has 3 aliphatic carbocycles. The number of ether oxygens (including phenoxy) is 2. The molecule has 0 aromatic heterocycles. The van der Waals surface area contributed by atoms with E-state index in [2.05, 4.69) is 40.7 Å². The topological polar surface area (TPSA) is 120 Å². The van der Waals surface area contributed by atoms with Crippen molar-refractivity contribution < 1.29 is 35.0 Å². The molecule has 3 fully saturated rings. The summed E-state index contributed by atoms with van der Waals surface area (Å²) in [4.78, 5) is 0. The molecule has 34 heavy (non-hydrogen) atoms. The van der Waals surface area contributed by atoms with Crippen molar-refractivity contribution in [2.24, 2.45) is 34.0 Å². The minimum atomic E-state index is -1.42. The van der Waals surface area contributed by atoms with Crippen LogP contribution >= 0.6 is 0 Å². The lowest BCUT2D eigenvalue weighted by Crippen LogP contribution is -2.62. The first-order valence-electron chi connectivity index (χ1n) is 13.2. The van der Waals surface area contributed by atoms with Crippen molar-refractivity contribution in [2.75, 3.05) is 13.2 Å². The molecule has 1 aliphatic heterocycles. The molecule has 0 spiro atoms. The molecule has 1 heterocycles. The van der Waals surface area contributed by atoms with E-state index in [-0.39, 0.29) is 34.9 Å². The van der Waals surface area contributed by atoms with E-state index >= 15 is 0 Å². The summed E-state index contributed by atoms with van der Waals surface area (Å²) in [6.07, 6.45) is 2.33. The van der Waals surface area contributed by atoms with Gasteiger partial charge in [-0.3, -0.25) is 0 Å². The van der Waals surface area contributed by atoms with Crippen LogP contribution in [0.2, 0.25) is 0 Å². The minimum absolute atomic E-state index is 0.0583.